The second kappa shape index (κ2) is 8.23. The fourth-order valence-corrected chi connectivity index (χ4v) is 5.01. The largest absolute Gasteiger partial charge is 0.491 e. The minimum absolute atomic E-state index is 0.0746. The quantitative estimate of drug-likeness (QED) is 0.338. The van der Waals surface area contributed by atoms with Gasteiger partial charge in [0.1, 0.15) is 18.2 Å². The molecule has 0 unspecified atom stereocenters. The molecule has 3 heterocycles. The van der Waals surface area contributed by atoms with Crippen LogP contribution in [-0.4, -0.2) is 33.9 Å². The van der Waals surface area contributed by atoms with E-state index in [9.17, 15) is 18.0 Å². The predicted molar refractivity (Wildman–Crippen MR) is 130 cm³/mol. The zero-order valence-electron chi connectivity index (χ0n) is 18.8. The lowest BCUT2D eigenvalue weighted by Gasteiger charge is -2.29. The maximum atomic E-state index is 13.9. The first-order valence-electron chi connectivity index (χ1n) is 11.5. The van der Waals surface area contributed by atoms with Crippen molar-refractivity contribution < 1.29 is 22.7 Å². The molecule has 0 spiro atoms. The number of anilines is 1. The van der Waals surface area contributed by atoms with Gasteiger partial charge in [0.2, 0.25) is 0 Å². The Hall–Kier alpha value is -3.59. The Morgan fingerprint density at radius 1 is 1.14 bits per heavy atom. The van der Waals surface area contributed by atoms with Crippen molar-refractivity contribution in [2.45, 2.75) is 25.1 Å². The summed E-state index contributed by atoms with van der Waals surface area (Å²) >= 11 is 6.58. The zero-order valence-corrected chi connectivity index (χ0v) is 19.6. The number of nitrogens with two attached hydrogens (primary N) is 1. The van der Waals surface area contributed by atoms with Crippen LogP contribution in [0.1, 0.15) is 40.4 Å². The maximum Gasteiger partial charge on any atom is 0.416 e. The number of carbonyl (C=O) groups is 1. The van der Waals surface area contributed by atoms with Crippen LogP contribution in [0.4, 0.5) is 19.0 Å². The third kappa shape index (κ3) is 3.87. The molecular formula is C26H20ClF3N4O2. The van der Waals surface area contributed by atoms with E-state index in [4.69, 9.17) is 22.1 Å². The van der Waals surface area contributed by atoms with Crippen LogP contribution in [0.15, 0.2) is 48.8 Å². The summed E-state index contributed by atoms with van der Waals surface area (Å²) in [6.45, 7) is 0.537. The molecule has 1 aliphatic carbocycles. The van der Waals surface area contributed by atoms with Gasteiger partial charge in [-0.1, -0.05) is 17.7 Å². The minimum atomic E-state index is -4.48. The first-order chi connectivity index (χ1) is 17.2. The lowest BCUT2D eigenvalue weighted by atomic mass is 10.0. The number of alkyl halides is 3. The maximum absolute atomic E-state index is 13.9. The molecule has 0 bridgehead atoms. The fourth-order valence-electron chi connectivity index (χ4n) is 4.77. The zero-order chi connectivity index (χ0) is 25.2. The molecule has 1 atom stereocenters. The monoisotopic (exact) mass is 512 g/mol. The number of pyridine rings is 2. The van der Waals surface area contributed by atoms with Gasteiger partial charge in [0.25, 0.3) is 5.91 Å². The standard InChI is InChI=1S/C26H20ClF3N4O2/c27-20-9-21-17(19-10-32-6-5-15(19)24(31)33-21)8-18(20)25(35)34(11-13-1-2-13)22-12-36-23-7-14(26(28,29)30)3-4-16(22)23/h3-10,13,22H,1-2,11-12H2,(H2,31,33)/t22-/m1/s1. The van der Waals surface area contributed by atoms with E-state index >= 15 is 0 Å². The van der Waals surface area contributed by atoms with Crippen molar-refractivity contribution in [3.63, 3.8) is 0 Å². The summed E-state index contributed by atoms with van der Waals surface area (Å²) in [5, 5.41) is 2.36. The van der Waals surface area contributed by atoms with E-state index in [0.717, 1.165) is 30.4 Å². The van der Waals surface area contributed by atoms with E-state index < -0.39 is 17.8 Å². The average Bonchev–Trinajstić information content (AvgIpc) is 3.58. The molecule has 4 aromatic rings. The molecule has 6 rings (SSSR count). The van der Waals surface area contributed by atoms with Gasteiger partial charge in [-0.25, -0.2) is 4.98 Å². The summed E-state index contributed by atoms with van der Waals surface area (Å²) in [7, 11) is 0. The highest BCUT2D eigenvalue weighted by Crippen LogP contribution is 2.43. The van der Waals surface area contributed by atoms with E-state index in [1.807, 2.05) is 0 Å². The smallest absolute Gasteiger partial charge is 0.416 e. The Labute approximate surface area is 208 Å². The van der Waals surface area contributed by atoms with Crippen LogP contribution in [0.5, 0.6) is 5.75 Å². The van der Waals surface area contributed by atoms with E-state index in [2.05, 4.69) is 9.97 Å². The molecular weight excluding hydrogens is 493 g/mol. The number of halogens is 4. The number of carbonyl (C=O) groups excluding carboxylic acids is 1. The number of ether oxygens (including phenoxy) is 1. The highest BCUT2D eigenvalue weighted by molar-refractivity contribution is 6.35. The third-order valence-corrected chi connectivity index (χ3v) is 7.14. The lowest BCUT2D eigenvalue weighted by molar-refractivity contribution is -0.137. The van der Waals surface area contributed by atoms with Crippen LogP contribution in [0.2, 0.25) is 5.02 Å². The highest BCUT2D eigenvalue weighted by Gasteiger charge is 2.39. The average molecular weight is 513 g/mol. The van der Waals surface area contributed by atoms with Crippen LogP contribution in [-0.2, 0) is 6.18 Å². The number of hydrogen-bond acceptors (Lipinski definition) is 5. The van der Waals surface area contributed by atoms with Gasteiger partial charge in [0.15, 0.2) is 0 Å². The van der Waals surface area contributed by atoms with Gasteiger partial charge in [-0.15, -0.1) is 0 Å². The van der Waals surface area contributed by atoms with Crippen molar-refractivity contribution in [2.24, 2.45) is 5.92 Å². The molecule has 10 heteroatoms. The van der Waals surface area contributed by atoms with Crippen LogP contribution in [0.3, 0.4) is 0 Å². The summed E-state index contributed by atoms with van der Waals surface area (Å²) in [5.41, 5.74) is 6.69. The molecule has 2 aromatic heterocycles. The number of nitrogens with zero attached hydrogens (tertiary/aromatic N) is 3. The number of rotatable bonds is 4. The second-order valence-electron chi connectivity index (χ2n) is 9.25. The van der Waals surface area contributed by atoms with Gasteiger partial charge in [0, 0.05) is 40.7 Å². The molecule has 1 fully saturated rings. The normalized spacial score (nSPS) is 17.3. The van der Waals surface area contributed by atoms with Gasteiger partial charge >= 0.3 is 6.18 Å². The number of fused-ring (bicyclic) bond motifs is 4. The van der Waals surface area contributed by atoms with E-state index in [0.29, 0.717) is 40.1 Å². The number of aromatic nitrogens is 2. The Morgan fingerprint density at radius 2 is 1.94 bits per heavy atom. The van der Waals surface area contributed by atoms with Crippen LogP contribution >= 0.6 is 11.6 Å². The van der Waals surface area contributed by atoms with Crippen LogP contribution in [0, 0.1) is 5.92 Å². The van der Waals surface area contributed by atoms with Crippen molar-refractivity contribution in [1.82, 2.24) is 14.9 Å². The predicted octanol–water partition coefficient (Wildman–Crippen LogP) is 6.02. The summed E-state index contributed by atoms with van der Waals surface area (Å²) in [6, 6.07) is 7.96. The van der Waals surface area contributed by atoms with Gasteiger partial charge < -0.3 is 15.4 Å². The topological polar surface area (TPSA) is 81.3 Å². The Balaban J connectivity index is 1.43. The highest BCUT2D eigenvalue weighted by atomic mass is 35.5. The summed E-state index contributed by atoms with van der Waals surface area (Å²) in [4.78, 5) is 24.2. The van der Waals surface area contributed by atoms with E-state index in [1.165, 1.54) is 6.07 Å². The molecule has 2 aliphatic rings. The lowest BCUT2D eigenvalue weighted by Crippen LogP contribution is -2.37. The number of amides is 1. The summed E-state index contributed by atoms with van der Waals surface area (Å²) in [6.07, 6.45) is 0.782. The number of benzene rings is 2. The Bertz CT molecular complexity index is 1540. The molecule has 0 saturated heterocycles. The van der Waals surface area contributed by atoms with Crippen molar-refractivity contribution in [1.29, 1.82) is 0 Å². The molecule has 2 N–H and O–H groups in total. The van der Waals surface area contributed by atoms with Crippen molar-refractivity contribution >= 4 is 45.0 Å². The van der Waals surface area contributed by atoms with Crippen molar-refractivity contribution in [3.8, 4) is 5.75 Å². The van der Waals surface area contributed by atoms with Gasteiger partial charge in [0.05, 0.1) is 27.7 Å². The molecule has 0 radical (unpaired) electrons. The van der Waals surface area contributed by atoms with Crippen LogP contribution < -0.4 is 10.5 Å². The fraction of sp³-hybridized carbons (Fsp3) is 0.269. The van der Waals surface area contributed by atoms with Crippen LogP contribution in [0.25, 0.3) is 21.7 Å². The molecule has 184 valence electrons. The Kier molecular flexibility index (Phi) is 5.22. The summed E-state index contributed by atoms with van der Waals surface area (Å²) in [5.74, 6) is 0.496. The molecule has 1 amide bonds. The first-order valence-corrected chi connectivity index (χ1v) is 11.9. The minimum Gasteiger partial charge on any atom is -0.491 e. The van der Waals surface area contributed by atoms with Crippen molar-refractivity contribution in [2.75, 3.05) is 18.9 Å². The number of nitrogen functional groups attached to an aromatic ring is 1. The molecule has 1 aliphatic heterocycles. The molecule has 36 heavy (non-hydrogen) atoms. The molecule has 6 nitrogen and oxygen atoms in total. The van der Waals surface area contributed by atoms with Gasteiger partial charge in [-0.2, -0.15) is 13.2 Å². The van der Waals surface area contributed by atoms with E-state index in [1.54, 1.807) is 35.5 Å². The molecule has 1 saturated carbocycles. The SMILES string of the molecule is Nc1nc2cc(Cl)c(C(=O)N(CC3CC3)[C@@H]3COc4cc(C(F)(F)F)ccc43)cc2c2cnccc12. The molecule has 2 aromatic carbocycles. The van der Waals surface area contributed by atoms with Gasteiger partial charge in [-0.3, -0.25) is 9.78 Å². The van der Waals surface area contributed by atoms with Gasteiger partial charge in [-0.05, 0) is 49.1 Å². The third-order valence-electron chi connectivity index (χ3n) is 6.83. The van der Waals surface area contributed by atoms with E-state index in [-0.39, 0.29) is 28.8 Å². The second-order valence-corrected chi connectivity index (χ2v) is 9.65. The number of hydrogen-bond donors (Lipinski definition) is 1. The Morgan fingerprint density at radius 3 is 2.69 bits per heavy atom. The first kappa shape index (κ1) is 22.8. The van der Waals surface area contributed by atoms with Crippen molar-refractivity contribution in [3.05, 3.63) is 70.5 Å². The summed E-state index contributed by atoms with van der Waals surface area (Å²) < 4.78 is 45.2.